The number of nitrogens with one attached hydrogen (secondary N) is 1. The van der Waals surface area contributed by atoms with Crippen LogP contribution in [0.5, 0.6) is 5.75 Å². The molecule has 1 heterocycles. The van der Waals surface area contributed by atoms with Crippen LogP contribution in [0.1, 0.15) is 35.4 Å². The maximum Gasteiger partial charge on any atom is 0.122 e. The van der Waals surface area contributed by atoms with Crippen LogP contribution < -0.4 is 10.1 Å². The van der Waals surface area contributed by atoms with Crippen molar-refractivity contribution in [1.82, 2.24) is 0 Å². The van der Waals surface area contributed by atoms with Crippen molar-refractivity contribution in [2.75, 3.05) is 11.9 Å². The molecular weight excluding hydrogens is 246 g/mol. The molecule has 102 valence electrons. The number of hydrogen-bond acceptors (Lipinski definition) is 2. The van der Waals surface area contributed by atoms with Gasteiger partial charge in [0.05, 0.1) is 6.61 Å². The first-order valence-electron chi connectivity index (χ1n) is 7.47. The first-order chi connectivity index (χ1) is 9.88. The Morgan fingerprint density at radius 3 is 2.95 bits per heavy atom. The quantitative estimate of drug-likeness (QED) is 0.898. The summed E-state index contributed by atoms with van der Waals surface area (Å²) in [7, 11) is 0. The van der Waals surface area contributed by atoms with Gasteiger partial charge >= 0.3 is 0 Å². The summed E-state index contributed by atoms with van der Waals surface area (Å²) < 4.78 is 5.54. The van der Waals surface area contributed by atoms with Crippen LogP contribution in [0.25, 0.3) is 0 Å². The molecule has 2 aromatic carbocycles. The Morgan fingerprint density at radius 1 is 1.10 bits per heavy atom. The van der Waals surface area contributed by atoms with E-state index < -0.39 is 0 Å². The molecule has 2 aromatic rings. The third-order valence-corrected chi connectivity index (χ3v) is 4.19. The minimum absolute atomic E-state index is 0.822. The van der Waals surface area contributed by atoms with Crippen molar-refractivity contribution >= 4 is 5.69 Å². The molecule has 0 saturated heterocycles. The summed E-state index contributed by atoms with van der Waals surface area (Å²) in [5, 5.41) is 3.52. The van der Waals surface area contributed by atoms with E-state index in [1.807, 2.05) is 0 Å². The molecule has 0 spiro atoms. The lowest BCUT2D eigenvalue weighted by molar-refractivity contribution is 0.357. The van der Waals surface area contributed by atoms with Crippen molar-refractivity contribution < 1.29 is 4.74 Å². The molecule has 2 aliphatic rings. The van der Waals surface area contributed by atoms with E-state index in [-0.39, 0.29) is 0 Å². The molecule has 0 amide bonds. The molecule has 0 radical (unpaired) electrons. The monoisotopic (exact) mass is 265 g/mol. The second-order valence-electron chi connectivity index (χ2n) is 5.79. The Balaban J connectivity index is 1.46. The van der Waals surface area contributed by atoms with Gasteiger partial charge in [-0.1, -0.05) is 24.3 Å². The molecule has 20 heavy (non-hydrogen) atoms. The lowest BCUT2D eigenvalue weighted by Crippen LogP contribution is -2.00. The molecule has 2 heteroatoms. The highest BCUT2D eigenvalue weighted by atomic mass is 16.5. The Bertz CT molecular complexity index is 631. The van der Waals surface area contributed by atoms with Crippen LogP contribution in [-0.4, -0.2) is 6.61 Å². The number of hydrogen-bond donors (Lipinski definition) is 1. The predicted molar refractivity (Wildman–Crippen MR) is 81.4 cm³/mol. The van der Waals surface area contributed by atoms with Gasteiger partial charge in [-0.15, -0.1) is 0 Å². The summed E-state index contributed by atoms with van der Waals surface area (Å²) in [6, 6.07) is 15.4. The van der Waals surface area contributed by atoms with Crippen molar-refractivity contribution in [3.05, 3.63) is 59.2 Å². The highest BCUT2D eigenvalue weighted by Crippen LogP contribution is 2.40. The standard InChI is InChI=1S/C18H19NO/c1-2-13(10-15(3-1)14-4-5-14)12-19-17-6-7-18-16(11-17)8-9-20-18/h1-3,6-7,10-11,14,19H,4-5,8-9,12H2. The second kappa shape index (κ2) is 4.86. The number of anilines is 1. The highest BCUT2D eigenvalue weighted by molar-refractivity contribution is 5.52. The van der Waals surface area contributed by atoms with Crippen LogP contribution in [0.2, 0.25) is 0 Å². The Labute approximate surface area is 119 Å². The number of ether oxygens (including phenoxy) is 1. The molecule has 1 fully saturated rings. The zero-order chi connectivity index (χ0) is 13.4. The third-order valence-electron chi connectivity index (χ3n) is 4.19. The summed E-state index contributed by atoms with van der Waals surface area (Å²) in [5.74, 6) is 1.87. The molecule has 1 aliphatic heterocycles. The fourth-order valence-corrected chi connectivity index (χ4v) is 2.87. The Hall–Kier alpha value is -1.96. The van der Waals surface area contributed by atoms with E-state index in [1.165, 1.54) is 35.2 Å². The van der Waals surface area contributed by atoms with Gasteiger partial charge in [0.15, 0.2) is 0 Å². The third kappa shape index (κ3) is 2.38. The average Bonchev–Trinajstić information content (AvgIpc) is 3.24. The van der Waals surface area contributed by atoms with Crippen LogP contribution in [0, 0.1) is 0 Å². The van der Waals surface area contributed by atoms with E-state index in [0.29, 0.717) is 0 Å². The van der Waals surface area contributed by atoms with E-state index in [2.05, 4.69) is 47.8 Å². The van der Waals surface area contributed by atoms with E-state index >= 15 is 0 Å². The van der Waals surface area contributed by atoms with Crippen molar-refractivity contribution in [2.45, 2.75) is 31.7 Å². The largest absolute Gasteiger partial charge is 0.493 e. The van der Waals surface area contributed by atoms with Gasteiger partial charge in [-0.3, -0.25) is 0 Å². The van der Waals surface area contributed by atoms with E-state index in [0.717, 1.165) is 31.2 Å². The molecule has 0 atom stereocenters. The van der Waals surface area contributed by atoms with Gasteiger partial charge in [0.25, 0.3) is 0 Å². The Kier molecular flexibility index (Phi) is 2.87. The predicted octanol–water partition coefficient (Wildman–Crippen LogP) is 4.11. The van der Waals surface area contributed by atoms with E-state index in [1.54, 1.807) is 0 Å². The lowest BCUT2D eigenvalue weighted by Gasteiger charge is -2.09. The lowest BCUT2D eigenvalue weighted by atomic mass is 10.1. The molecule has 0 unspecified atom stereocenters. The first kappa shape index (κ1) is 11.8. The molecule has 1 aliphatic carbocycles. The molecule has 2 nitrogen and oxygen atoms in total. The van der Waals surface area contributed by atoms with Gasteiger partial charge in [0, 0.05) is 18.7 Å². The SMILES string of the molecule is c1cc(CNc2ccc3c(c2)CCO3)cc(C2CC2)c1. The van der Waals surface area contributed by atoms with Crippen LogP contribution in [0.4, 0.5) is 5.69 Å². The maximum atomic E-state index is 5.54. The summed E-state index contributed by atoms with van der Waals surface area (Å²) in [6.07, 6.45) is 3.76. The molecule has 0 bridgehead atoms. The van der Waals surface area contributed by atoms with Crippen molar-refractivity contribution in [3.63, 3.8) is 0 Å². The van der Waals surface area contributed by atoms with Crippen LogP contribution in [-0.2, 0) is 13.0 Å². The van der Waals surface area contributed by atoms with E-state index in [4.69, 9.17) is 4.74 Å². The van der Waals surface area contributed by atoms with Crippen LogP contribution in [0.15, 0.2) is 42.5 Å². The fraction of sp³-hybridized carbons (Fsp3) is 0.333. The van der Waals surface area contributed by atoms with Gasteiger partial charge in [-0.05, 0) is 53.6 Å². The number of fused-ring (bicyclic) bond motifs is 1. The zero-order valence-electron chi connectivity index (χ0n) is 11.6. The average molecular weight is 265 g/mol. The van der Waals surface area contributed by atoms with Crippen LogP contribution in [0.3, 0.4) is 0 Å². The number of rotatable bonds is 4. The summed E-state index contributed by atoms with van der Waals surface area (Å²) in [5.41, 5.74) is 5.38. The van der Waals surface area contributed by atoms with Gasteiger partial charge in [0.1, 0.15) is 5.75 Å². The second-order valence-corrected chi connectivity index (χ2v) is 5.79. The van der Waals surface area contributed by atoms with E-state index in [9.17, 15) is 0 Å². The molecule has 1 saturated carbocycles. The Morgan fingerprint density at radius 2 is 2.05 bits per heavy atom. The van der Waals surface area contributed by atoms with Crippen molar-refractivity contribution in [1.29, 1.82) is 0 Å². The molecular formula is C18H19NO. The minimum Gasteiger partial charge on any atom is -0.493 e. The maximum absolute atomic E-state index is 5.54. The van der Waals surface area contributed by atoms with Crippen LogP contribution >= 0.6 is 0 Å². The van der Waals surface area contributed by atoms with Crippen molar-refractivity contribution in [2.24, 2.45) is 0 Å². The van der Waals surface area contributed by atoms with Crippen molar-refractivity contribution in [3.8, 4) is 5.75 Å². The fourth-order valence-electron chi connectivity index (χ4n) is 2.87. The topological polar surface area (TPSA) is 21.3 Å². The van der Waals surface area contributed by atoms with Gasteiger partial charge in [0.2, 0.25) is 0 Å². The smallest absolute Gasteiger partial charge is 0.122 e. The molecule has 1 N–H and O–H groups in total. The van der Waals surface area contributed by atoms with Gasteiger partial charge in [-0.2, -0.15) is 0 Å². The summed E-state index contributed by atoms with van der Waals surface area (Å²) in [6.45, 7) is 1.71. The van der Waals surface area contributed by atoms with Gasteiger partial charge < -0.3 is 10.1 Å². The normalized spacial score (nSPS) is 16.6. The zero-order valence-corrected chi connectivity index (χ0v) is 11.6. The number of benzene rings is 2. The minimum atomic E-state index is 0.822. The first-order valence-corrected chi connectivity index (χ1v) is 7.47. The molecule has 0 aromatic heterocycles. The van der Waals surface area contributed by atoms with Gasteiger partial charge in [-0.25, -0.2) is 0 Å². The summed E-state index contributed by atoms with van der Waals surface area (Å²) in [4.78, 5) is 0. The summed E-state index contributed by atoms with van der Waals surface area (Å²) >= 11 is 0. The highest BCUT2D eigenvalue weighted by Gasteiger charge is 2.23. The molecule has 4 rings (SSSR count).